The highest BCUT2D eigenvalue weighted by atomic mass is 35.5. The van der Waals surface area contributed by atoms with Crippen molar-refractivity contribution >= 4 is 56.6 Å². The minimum atomic E-state index is -3.57. The Labute approximate surface area is 185 Å². The Morgan fingerprint density at radius 2 is 1.72 bits per heavy atom. The number of rotatable bonds is 6. The van der Waals surface area contributed by atoms with E-state index >= 15 is 0 Å². The number of para-hydroxylation sites is 1. The number of benzene rings is 2. The molecule has 0 unspecified atom stereocenters. The molecule has 1 heterocycles. The molecule has 1 amide bonds. The van der Waals surface area contributed by atoms with Crippen molar-refractivity contribution in [2.75, 3.05) is 24.7 Å². The van der Waals surface area contributed by atoms with E-state index in [4.69, 9.17) is 23.2 Å². The van der Waals surface area contributed by atoms with E-state index in [2.05, 4.69) is 5.32 Å². The Morgan fingerprint density at radius 1 is 1.10 bits per heavy atom. The Morgan fingerprint density at radius 3 is 2.34 bits per heavy atom. The van der Waals surface area contributed by atoms with Gasteiger partial charge in [-0.15, -0.1) is 11.8 Å². The molecule has 1 saturated heterocycles. The quantitative estimate of drug-likeness (QED) is 0.607. The molecule has 156 valence electrons. The predicted octanol–water partition coefficient (Wildman–Crippen LogP) is 4.90. The van der Waals surface area contributed by atoms with E-state index in [9.17, 15) is 13.2 Å². The molecule has 3 rings (SSSR count). The van der Waals surface area contributed by atoms with Gasteiger partial charge in [-0.25, -0.2) is 12.7 Å². The zero-order valence-electron chi connectivity index (χ0n) is 15.9. The first kappa shape index (κ1) is 22.4. The lowest BCUT2D eigenvalue weighted by Gasteiger charge is -2.30. The van der Waals surface area contributed by atoms with E-state index < -0.39 is 10.0 Å². The molecule has 2 aromatic carbocycles. The first-order chi connectivity index (χ1) is 13.8. The van der Waals surface area contributed by atoms with Crippen molar-refractivity contribution in [3.05, 3.63) is 58.1 Å². The molecule has 1 aliphatic heterocycles. The Bertz CT molecular complexity index is 971. The van der Waals surface area contributed by atoms with Gasteiger partial charge < -0.3 is 5.32 Å². The van der Waals surface area contributed by atoms with E-state index in [0.717, 1.165) is 10.6 Å². The molecule has 1 fully saturated rings. The van der Waals surface area contributed by atoms with Crippen LogP contribution in [0.1, 0.15) is 18.4 Å². The number of hydrogen-bond donors (Lipinski definition) is 1. The molecule has 1 aliphatic rings. The van der Waals surface area contributed by atoms with Crippen LogP contribution in [0.2, 0.25) is 10.0 Å². The fourth-order valence-corrected chi connectivity index (χ4v) is 6.19. The molecule has 5 nitrogen and oxygen atoms in total. The van der Waals surface area contributed by atoms with Gasteiger partial charge in [-0.05, 0) is 43.4 Å². The van der Waals surface area contributed by atoms with Gasteiger partial charge in [0, 0.05) is 39.5 Å². The van der Waals surface area contributed by atoms with Gasteiger partial charge in [0.1, 0.15) is 0 Å². The molecule has 0 aromatic heterocycles. The first-order valence-electron chi connectivity index (χ1n) is 9.16. The predicted molar refractivity (Wildman–Crippen MR) is 120 cm³/mol. The average molecular weight is 473 g/mol. The lowest BCUT2D eigenvalue weighted by Crippen LogP contribution is -2.42. The number of nitrogens with one attached hydrogen (secondary N) is 1. The summed E-state index contributed by atoms with van der Waals surface area (Å²) in [4.78, 5) is 13.6. The van der Waals surface area contributed by atoms with Crippen LogP contribution in [0.15, 0.2) is 47.4 Å². The summed E-state index contributed by atoms with van der Waals surface area (Å²) < 4.78 is 27.1. The molecular formula is C20H22Cl2N2O3S2. The van der Waals surface area contributed by atoms with E-state index in [1.807, 2.05) is 30.5 Å². The summed E-state index contributed by atoms with van der Waals surface area (Å²) >= 11 is 13.8. The number of anilines is 1. The summed E-state index contributed by atoms with van der Waals surface area (Å²) in [7, 11) is -3.57. The fourth-order valence-electron chi connectivity index (χ4n) is 3.32. The number of piperidine rings is 1. The third-order valence-corrected chi connectivity index (χ3v) is 8.28. The van der Waals surface area contributed by atoms with Crippen LogP contribution in [-0.4, -0.2) is 38.0 Å². The number of carbonyl (C=O) groups excluding carboxylic acids is 1. The van der Waals surface area contributed by atoms with Crippen molar-refractivity contribution in [2.24, 2.45) is 5.92 Å². The standard InChI is InChI=1S/C20H22Cl2N2O3S2/c1-28-19-8-3-2-7-18(19)23-20(25)14-9-11-24(12-10-14)29(26,27)13-15-16(21)5-4-6-17(15)22/h2-8,14H,9-13H2,1H3,(H,23,25). The van der Waals surface area contributed by atoms with E-state index in [1.165, 1.54) is 4.31 Å². The minimum Gasteiger partial charge on any atom is -0.325 e. The second-order valence-electron chi connectivity index (χ2n) is 6.82. The number of halogens is 2. The summed E-state index contributed by atoms with van der Waals surface area (Å²) in [6.45, 7) is 0.597. The first-order valence-corrected chi connectivity index (χ1v) is 12.8. The zero-order chi connectivity index (χ0) is 21.0. The fraction of sp³-hybridized carbons (Fsp3) is 0.350. The number of amides is 1. The molecular weight excluding hydrogens is 451 g/mol. The second-order valence-corrected chi connectivity index (χ2v) is 10.5. The van der Waals surface area contributed by atoms with Gasteiger partial charge in [-0.2, -0.15) is 0 Å². The van der Waals surface area contributed by atoms with E-state index in [0.29, 0.717) is 41.5 Å². The van der Waals surface area contributed by atoms with Gasteiger partial charge in [0.05, 0.1) is 11.4 Å². The summed E-state index contributed by atoms with van der Waals surface area (Å²) in [5.74, 6) is -0.540. The molecule has 9 heteroatoms. The maximum Gasteiger partial charge on any atom is 0.227 e. The van der Waals surface area contributed by atoms with Crippen molar-refractivity contribution in [2.45, 2.75) is 23.5 Å². The van der Waals surface area contributed by atoms with Gasteiger partial charge in [0.25, 0.3) is 0 Å². The zero-order valence-corrected chi connectivity index (χ0v) is 19.0. The lowest BCUT2D eigenvalue weighted by molar-refractivity contribution is -0.120. The third-order valence-electron chi connectivity index (χ3n) is 4.97. The van der Waals surface area contributed by atoms with Gasteiger partial charge in [0.15, 0.2) is 0 Å². The second kappa shape index (κ2) is 9.71. The van der Waals surface area contributed by atoms with Crippen LogP contribution < -0.4 is 5.32 Å². The molecule has 0 atom stereocenters. The number of thioether (sulfide) groups is 1. The molecule has 0 bridgehead atoms. The Kier molecular flexibility index (Phi) is 7.51. The number of hydrogen-bond acceptors (Lipinski definition) is 4. The average Bonchev–Trinajstić information content (AvgIpc) is 2.71. The van der Waals surface area contributed by atoms with E-state index in [-0.39, 0.29) is 17.6 Å². The molecule has 0 radical (unpaired) electrons. The van der Waals surface area contributed by atoms with Crippen LogP contribution in [0, 0.1) is 5.92 Å². The molecule has 0 saturated carbocycles. The van der Waals surface area contributed by atoms with Crippen molar-refractivity contribution in [1.29, 1.82) is 0 Å². The third kappa shape index (κ3) is 5.47. The normalized spacial score (nSPS) is 16.0. The van der Waals surface area contributed by atoms with Gasteiger partial charge >= 0.3 is 0 Å². The minimum absolute atomic E-state index is 0.0716. The highest BCUT2D eigenvalue weighted by molar-refractivity contribution is 7.98. The molecule has 0 spiro atoms. The summed E-state index contributed by atoms with van der Waals surface area (Å²) in [6, 6.07) is 12.6. The van der Waals surface area contributed by atoms with Crippen LogP contribution in [0.5, 0.6) is 0 Å². The summed E-state index contributed by atoms with van der Waals surface area (Å²) in [5, 5.41) is 3.65. The molecule has 1 N–H and O–H groups in total. The summed E-state index contributed by atoms with van der Waals surface area (Å²) in [5.41, 5.74) is 1.19. The molecule has 29 heavy (non-hydrogen) atoms. The molecule has 2 aromatic rings. The summed E-state index contributed by atoms with van der Waals surface area (Å²) in [6.07, 6.45) is 2.91. The van der Waals surface area contributed by atoms with Crippen molar-refractivity contribution in [3.63, 3.8) is 0 Å². The van der Waals surface area contributed by atoms with Gasteiger partial charge in [-0.1, -0.05) is 41.4 Å². The highest BCUT2D eigenvalue weighted by Gasteiger charge is 2.32. The van der Waals surface area contributed by atoms with Crippen molar-refractivity contribution in [3.8, 4) is 0 Å². The van der Waals surface area contributed by atoms with Crippen LogP contribution in [0.3, 0.4) is 0 Å². The van der Waals surface area contributed by atoms with Crippen molar-refractivity contribution < 1.29 is 13.2 Å². The Hall–Kier alpha value is -1.25. The molecule has 0 aliphatic carbocycles. The number of sulfonamides is 1. The lowest BCUT2D eigenvalue weighted by atomic mass is 9.97. The van der Waals surface area contributed by atoms with Gasteiger partial charge in [0.2, 0.25) is 15.9 Å². The van der Waals surface area contributed by atoms with Crippen LogP contribution in [0.25, 0.3) is 0 Å². The topological polar surface area (TPSA) is 66.5 Å². The SMILES string of the molecule is CSc1ccccc1NC(=O)C1CCN(S(=O)(=O)Cc2c(Cl)cccc2Cl)CC1. The monoisotopic (exact) mass is 472 g/mol. The smallest absolute Gasteiger partial charge is 0.227 e. The van der Waals surface area contributed by atoms with Crippen LogP contribution in [0.4, 0.5) is 5.69 Å². The van der Waals surface area contributed by atoms with E-state index in [1.54, 1.807) is 30.0 Å². The maximum absolute atomic E-state index is 12.8. The Balaban J connectivity index is 1.61. The van der Waals surface area contributed by atoms with Crippen molar-refractivity contribution in [1.82, 2.24) is 4.31 Å². The highest BCUT2D eigenvalue weighted by Crippen LogP contribution is 2.30. The van der Waals surface area contributed by atoms with Crippen LogP contribution in [-0.2, 0) is 20.6 Å². The maximum atomic E-state index is 12.8. The number of nitrogens with zero attached hydrogens (tertiary/aromatic N) is 1. The van der Waals surface area contributed by atoms with Gasteiger partial charge in [-0.3, -0.25) is 4.79 Å². The van der Waals surface area contributed by atoms with Crippen LogP contribution >= 0.6 is 35.0 Å². The largest absolute Gasteiger partial charge is 0.325 e. The number of carbonyl (C=O) groups is 1.